The van der Waals surface area contributed by atoms with Crippen molar-refractivity contribution < 1.29 is 27.8 Å². The first kappa shape index (κ1) is 45.9. The molecule has 0 saturated carbocycles. The van der Waals surface area contributed by atoms with Gasteiger partial charge < -0.3 is 39.5 Å². The average Bonchev–Trinajstić information content (AvgIpc) is 3.97. The van der Waals surface area contributed by atoms with Crippen LogP contribution in [0.15, 0.2) is 86.0 Å². The van der Waals surface area contributed by atoms with Gasteiger partial charge in [-0.3, -0.25) is 9.59 Å². The summed E-state index contributed by atoms with van der Waals surface area (Å²) in [5.74, 6) is -0.164. The maximum atomic E-state index is 14.6. The Labute approximate surface area is 386 Å². The lowest BCUT2D eigenvalue weighted by atomic mass is 10.2. The third kappa shape index (κ3) is 10.6. The fourth-order valence-corrected chi connectivity index (χ4v) is 7.13. The smallest absolute Gasteiger partial charge is 0.253 e. The van der Waals surface area contributed by atoms with Crippen molar-refractivity contribution in [3.8, 4) is 22.8 Å². The van der Waals surface area contributed by atoms with Crippen LogP contribution in [-0.2, 0) is 19.1 Å². The molecular weight excluding hydrogens is 890 g/mol. The minimum Gasteiger partial charge on any atom is -0.384 e. The van der Waals surface area contributed by atoms with Crippen LogP contribution >= 0.6 is 11.6 Å². The molecule has 344 valence electrons. The van der Waals surface area contributed by atoms with Gasteiger partial charge in [-0.15, -0.1) is 0 Å². The van der Waals surface area contributed by atoms with Gasteiger partial charge in [0.2, 0.25) is 23.1 Å². The molecule has 0 unspecified atom stereocenters. The lowest BCUT2D eigenvalue weighted by Gasteiger charge is -2.26. The van der Waals surface area contributed by atoms with Crippen LogP contribution in [0, 0.1) is 11.9 Å². The molecule has 2 saturated heterocycles. The van der Waals surface area contributed by atoms with Gasteiger partial charge >= 0.3 is 0 Å². The molecule has 10 rings (SSSR count). The lowest BCUT2D eigenvalue weighted by Crippen LogP contribution is -2.41. The molecule has 0 atom stereocenters. The van der Waals surface area contributed by atoms with Gasteiger partial charge in [-0.2, -0.15) is 8.78 Å². The number of imidazole rings is 2. The first-order chi connectivity index (χ1) is 32.3. The maximum Gasteiger partial charge on any atom is 0.253 e. The molecule has 2 aliphatic rings. The molecule has 2 aliphatic heterocycles. The fraction of sp³-hybridized carbons (Fsp3) is 0.273. The van der Waals surface area contributed by atoms with Crippen molar-refractivity contribution in [3.63, 3.8) is 0 Å². The summed E-state index contributed by atoms with van der Waals surface area (Å²) in [6.45, 7) is 10.3. The number of nitrogens with zero attached hydrogens (tertiary/aromatic N) is 14. The van der Waals surface area contributed by atoms with E-state index in [0.29, 0.717) is 77.4 Å². The number of carbonyl (C=O) groups is 2. The fourth-order valence-electron chi connectivity index (χ4n) is 6.98. The third-order valence-electron chi connectivity index (χ3n) is 10.3. The molecule has 8 aromatic heterocycles. The Balaban J connectivity index is 0.000000151. The Morgan fingerprint density at radius 3 is 1.64 bits per heavy atom. The molecular formula is C44H43ClF2N16O4. The molecule has 0 spiro atoms. The van der Waals surface area contributed by atoms with Crippen molar-refractivity contribution in [2.75, 3.05) is 60.4 Å². The molecule has 0 aliphatic carbocycles. The SMILES string of the molecule is CC(C)n1cnc2c(F)nc(-c3ccnc(Cl)n3)cc21.CC(C)n1cnc2c(F)nc(-c3ccnc(Nc4ccc(N5CCOCC5=O)cn4)n3)cc21.Nc1ccc(N2CCOCC2=O)cn1. The standard InChI is InChI=1S/C22H21FN8O2.C13H11ClFN5.C9H11N3O2/c1-13(2)31-12-26-20-17(31)9-16(27-21(20)23)15-5-6-24-22(28-15)29-18-4-3-14(10-25-18)30-7-8-33-11-19(30)32;1-7(2)20-6-17-11-10(20)5-9(18-12(11)15)8-3-4-16-13(14)19-8;10-8-2-1-7(5-11-8)12-3-4-14-6-9(12)13/h3-6,9-10,12-13H,7-8,11H2,1-2H3,(H,24,25,28,29);3-7H,1-2H3;1-2,5H,3-4,6H2,(H2,10,11). The van der Waals surface area contributed by atoms with Gasteiger partial charge in [0, 0.05) is 37.6 Å². The van der Waals surface area contributed by atoms with Crippen LogP contribution in [0.1, 0.15) is 39.8 Å². The summed E-state index contributed by atoms with van der Waals surface area (Å²) in [5, 5.41) is 3.13. The van der Waals surface area contributed by atoms with Crippen LogP contribution in [0.2, 0.25) is 5.28 Å². The molecule has 0 bridgehead atoms. The first-order valence-electron chi connectivity index (χ1n) is 20.9. The van der Waals surface area contributed by atoms with Gasteiger partial charge in [0.25, 0.3) is 11.8 Å². The Morgan fingerprint density at radius 1 is 0.642 bits per heavy atom. The molecule has 23 heteroatoms. The number of rotatable bonds is 8. The van der Waals surface area contributed by atoms with Gasteiger partial charge in [0.05, 0.1) is 83.4 Å². The van der Waals surface area contributed by atoms with E-state index in [1.807, 2.05) is 36.8 Å². The van der Waals surface area contributed by atoms with E-state index in [1.165, 1.54) is 6.20 Å². The zero-order chi connectivity index (χ0) is 47.2. The number of fused-ring (bicyclic) bond motifs is 2. The van der Waals surface area contributed by atoms with Gasteiger partial charge in [-0.1, -0.05) is 0 Å². The van der Waals surface area contributed by atoms with E-state index in [0.717, 1.165) is 5.69 Å². The molecule has 2 amide bonds. The number of pyridine rings is 4. The lowest BCUT2D eigenvalue weighted by molar-refractivity contribution is -0.126. The maximum absolute atomic E-state index is 14.6. The zero-order valence-corrected chi connectivity index (χ0v) is 37.3. The summed E-state index contributed by atoms with van der Waals surface area (Å²) in [5.41, 5.74) is 10.4. The number of nitrogens with one attached hydrogen (secondary N) is 1. The largest absolute Gasteiger partial charge is 0.384 e. The van der Waals surface area contributed by atoms with Crippen molar-refractivity contribution in [3.05, 3.63) is 103 Å². The molecule has 8 aromatic rings. The van der Waals surface area contributed by atoms with E-state index < -0.39 is 11.9 Å². The van der Waals surface area contributed by atoms with E-state index in [2.05, 4.69) is 55.2 Å². The second-order valence-electron chi connectivity index (χ2n) is 15.5. The highest BCUT2D eigenvalue weighted by Gasteiger charge is 2.22. The Bertz CT molecular complexity index is 3040. The Hall–Kier alpha value is -7.69. The number of anilines is 5. The van der Waals surface area contributed by atoms with Crippen LogP contribution in [0.25, 0.3) is 44.8 Å². The summed E-state index contributed by atoms with van der Waals surface area (Å²) >= 11 is 5.75. The van der Waals surface area contributed by atoms with Gasteiger partial charge in [0.15, 0.2) is 0 Å². The molecule has 20 nitrogen and oxygen atoms in total. The number of hydrogen-bond acceptors (Lipinski definition) is 16. The highest BCUT2D eigenvalue weighted by Crippen LogP contribution is 2.27. The number of ether oxygens (including phenoxy) is 2. The number of morpholine rings is 2. The van der Waals surface area contributed by atoms with Crippen LogP contribution in [0.5, 0.6) is 0 Å². The molecule has 67 heavy (non-hydrogen) atoms. The summed E-state index contributed by atoms with van der Waals surface area (Å²) in [4.78, 5) is 67.6. The van der Waals surface area contributed by atoms with Gasteiger partial charge in [-0.05, 0) is 87.8 Å². The number of halogens is 3. The monoisotopic (exact) mass is 932 g/mol. The zero-order valence-electron chi connectivity index (χ0n) is 36.6. The van der Waals surface area contributed by atoms with Gasteiger partial charge in [0.1, 0.15) is 35.9 Å². The third-order valence-corrected chi connectivity index (χ3v) is 10.5. The molecule has 10 heterocycles. The number of nitrogen functional groups attached to an aromatic ring is 1. The summed E-state index contributed by atoms with van der Waals surface area (Å²) in [6, 6.07) is 14.1. The van der Waals surface area contributed by atoms with Crippen molar-refractivity contribution in [2.24, 2.45) is 0 Å². The number of aromatic nitrogens is 12. The molecule has 3 N–H and O–H groups in total. The number of hydrogen-bond donors (Lipinski definition) is 2. The van der Waals surface area contributed by atoms with E-state index in [-0.39, 0.29) is 59.4 Å². The normalized spacial score (nSPS) is 14.0. The van der Waals surface area contributed by atoms with Crippen molar-refractivity contribution in [2.45, 2.75) is 39.8 Å². The van der Waals surface area contributed by atoms with Crippen molar-refractivity contribution in [1.29, 1.82) is 0 Å². The minimum atomic E-state index is -0.648. The quantitative estimate of drug-likeness (QED) is 0.124. The van der Waals surface area contributed by atoms with Crippen LogP contribution in [-0.4, -0.2) is 110 Å². The molecule has 2 fully saturated rings. The predicted molar refractivity (Wildman–Crippen MR) is 245 cm³/mol. The van der Waals surface area contributed by atoms with Crippen LogP contribution < -0.4 is 20.9 Å². The molecule has 0 radical (unpaired) electrons. The number of amides is 2. The molecule has 0 aromatic carbocycles. The number of nitrogens with two attached hydrogens (primary N) is 1. The second-order valence-corrected chi connectivity index (χ2v) is 15.8. The van der Waals surface area contributed by atoms with E-state index in [4.69, 9.17) is 26.8 Å². The second kappa shape index (κ2) is 20.2. The van der Waals surface area contributed by atoms with Crippen LogP contribution in [0.4, 0.5) is 37.7 Å². The Morgan fingerprint density at radius 2 is 1.16 bits per heavy atom. The van der Waals surface area contributed by atoms with Crippen molar-refractivity contribution >= 4 is 74.4 Å². The van der Waals surface area contributed by atoms with Gasteiger partial charge in [-0.25, -0.2) is 49.8 Å². The number of carbonyl (C=O) groups excluding carboxylic acids is 2. The summed E-state index contributed by atoms with van der Waals surface area (Å²) in [6.07, 6.45) is 9.49. The predicted octanol–water partition coefficient (Wildman–Crippen LogP) is 6.40. The summed E-state index contributed by atoms with van der Waals surface area (Å²) < 4.78 is 42.6. The Kier molecular flexibility index (Phi) is 13.8. The summed E-state index contributed by atoms with van der Waals surface area (Å²) in [7, 11) is 0. The topological polar surface area (TPSA) is 236 Å². The minimum absolute atomic E-state index is 0.0391. The first-order valence-corrected chi connectivity index (χ1v) is 21.3. The van der Waals surface area contributed by atoms with E-state index >= 15 is 0 Å². The highest BCUT2D eigenvalue weighted by atomic mass is 35.5. The van der Waals surface area contributed by atoms with Crippen LogP contribution in [0.3, 0.4) is 0 Å². The van der Waals surface area contributed by atoms with E-state index in [1.54, 1.807) is 89.6 Å². The van der Waals surface area contributed by atoms with Crippen molar-refractivity contribution in [1.82, 2.24) is 59.0 Å². The highest BCUT2D eigenvalue weighted by molar-refractivity contribution is 6.28. The average molecular weight is 933 g/mol. The van der Waals surface area contributed by atoms with E-state index in [9.17, 15) is 18.4 Å².